The van der Waals surface area contributed by atoms with E-state index in [0.717, 1.165) is 0 Å². The first-order valence-corrected chi connectivity index (χ1v) is 10.3. The van der Waals surface area contributed by atoms with E-state index in [1.54, 1.807) is 29.9 Å². The van der Waals surface area contributed by atoms with Crippen molar-refractivity contribution in [2.45, 2.75) is 29.9 Å². The second kappa shape index (κ2) is 6.99. The lowest BCUT2D eigenvalue weighted by atomic mass is 9.89. The Balaban J connectivity index is 1.46. The van der Waals surface area contributed by atoms with Crippen LogP contribution in [-0.2, 0) is 26.7 Å². The monoisotopic (exact) mass is 404 g/mol. The van der Waals surface area contributed by atoms with E-state index < -0.39 is 15.6 Å². The Morgan fingerprint density at radius 1 is 1.39 bits per heavy atom. The number of rotatable bonds is 4. The number of nitrogens with zero attached hydrogens (tertiary/aromatic N) is 5. The van der Waals surface area contributed by atoms with Gasteiger partial charge in [-0.25, -0.2) is 13.4 Å². The zero-order valence-corrected chi connectivity index (χ0v) is 16.1. The van der Waals surface area contributed by atoms with E-state index in [1.165, 1.54) is 23.0 Å². The van der Waals surface area contributed by atoms with Crippen LogP contribution in [0.15, 0.2) is 47.2 Å². The second-order valence-electron chi connectivity index (χ2n) is 7.00. The number of oxime groups is 1. The number of anilines is 1. The highest BCUT2D eigenvalue weighted by Gasteiger charge is 2.47. The standard InChI is InChI=1S/C17H20N6O4S/c1-22-10-15(19-12-22)28(25,26)23-7-3-5-17(11-23)8-14(21-27-17)16(24)20-13-4-2-6-18-9-13/h2,4,6,9-10,12H,3,5,7-8,11H2,1H3,(H,20,24). The Kier molecular flexibility index (Phi) is 4.63. The lowest BCUT2D eigenvalue weighted by Gasteiger charge is -2.36. The topological polar surface area (TPSA) is 119 Å². The number of hydrogen-bond acceptors (Lipinski definition) is 7. The zero-order valence-electron chi connectivity index (χ0n) is 15.3. The van der Waals surface area contributed by atoms with Crippen LogP contribution in [0.3, 0.4) is 0 Å². The lowest BCUT2D eigenvalue weighted by molar-refractivity contribution is -0.110. The summed E-state index contributed by atoms with van der Waals surface area (Å²) >= 11 is 0. The molecule has 0 aliphatic carbocycles. The van der Waals surface area contributed by atoms with Gasteiger partial charge in [-0.2, -0.15) is 4.31 Å². The maximum absolute atomic E-state index is 12.9. The Bertz CT molecular complexity index is 1020. The van der Waals surface area contributed by atoms with Crippen molar-refractivity contribution >= 4 is 27.3 Å². The van der Waals surface area contributed by atoms with Crippen molar-refractivity contribution in [1.29, 1.82) is 0 Å². The van der Waals surface area contributed by atoms with E-state index in [1.807, 2.05) is 0 Å². The number of aryl methyl sites for hydroxylation is 1. The summed E-state index contributed by atoms with van der Waals surface area (Å²) in [6.45, 7) is 0.500. The SMILES string of the molecule is Cn1cnc(S(=O)(=O)N2CCCC3(CC(C(=O)Nc4cccnc4)=NO3)C2)c1. The molecule has 4 heterocycles. The molecule has 2 aromatic heterocycles. The van der Waals surface area contributed by atoms with Crippen LogP contribution in [0.4, 0.5) is 5.69 Å². The van der Waals surface area contributed by atoms with Crippen LogP contribution in [0.2, 0.25) is 0 Å². The Morgan fingerprint density at radius 3 is 2.96 bits per heavy atom. The summed E-state index contributed by atoms with van der Waals surface area (Å²) in [5.74, 6) is -0.380. The molecule has 28 heavy (non-hydrogen) atoms. The van der Waals surface area contributed by atoms with Gasteiger partial charge in [0.15, 0.2) is 10.6 Å². The van der Waals surface area contributed by atoms with Gasteiger partial charge in [-0.3, -0.25) is 9.78 Å². The van der Waals surface area contributed by atoms with Gasteiger partial charge in [0.05, 0.1) is 24.8 Å². The Morgan fingerprint density at radius 2 is 2.25 bits per heavy atom. The van der Waals surface area contributed by atoms with Crippen LogP contribution >= 0.6 is 0 Å². The molecule has 0 bridgehead atoms. The molecule has 0 saturated carbocycles. The van der Waals surface area contributed by atoms with Crippen molar-refractivity contribution in [3.63, 3.8) is 0 Å². The van der Waals surface area contributed by atoms with Crippen molar-refractivity contribution < 1.29 is 18.0 Å². The molecule has 1 unspecified atom stereocenters. The fourth-order valence-corrected chi connectivity index (χ4v) is 4.94. The lowest BCUT2D eigenvalue weighted by Crippen LogP contribution is -2.50. The molecule has 1 spiro atoms. The average Bonchev–Trinajstić information content (AvgIpc) is 3.30. The summed E-state index contributed by atoms with van der Waals surface area (Å²) in [5.41, 5.74) is -0.0399. The van der Waals surface area contributed by atoms with E-state index in [4.69, 9.17) is 4.84 Å². The molecule has 2 aliphatic heterocycles. The number of hydrogen-bond donors (Lipinski definition) is 1. The predicted molar refractivity (Wildman–Crippen MR) is 99.9 cm³/mol. The van der Waals surface area contributed by atoms with Gasteiger partial charge in [0.2, 0.25) is 0 Å². The molecule has 4 rings (SSSR count). The summed E-state index contributed by atoms with van der Waals surface area (Å²) in [7, 11) is -2.02. The second-order valence-corrected chi connectivity index (χ2v) is 8.89. The fourth-order valence-electron chi connectivity index (χ4n) is 3.42. The van der Waals surface area contributed by atoms with Crippen LogP contribution < -0.4 is 5.32 Å². The van der Waals surface area contributed by atoms with Crippen molar-refractivity contribution in [3.05, 3.63) is 37.1 Å². The van der Waals surface area contributed by atoms with Gasteiger partial charge in [0.25, 0.3) is 15.9 Å². The van der Waals surface area contributed by atoms with Gasteiger partial charge in [0, 0.05) is 32.4 Å². The number of carbonyl (C=O) groups is 1. The summed E-state index contributed by atoms with van der Waals surface area (Å²) in [4.78, 5) is 26.0. The third kappa shape index (κ3) is 3.50. The highest BCUT2D eigenvalue weighted by atomic mass is 32.2. The molecule has 2 aromatic rings. The first-order valence-electron chi connectivity index (χ1n) is 8.83. The van der Waals surface area contributed by atoms with Crippen molar-refractivity contribution in [3.8, 4) is 0 Å². The number of imidazole rings is 1. The number of carbonyl (C=O) groups excluding carboxylic acids is 1. The number of nitrogens with one attached hydrogen (secondary N) is 1. The Hall–Kier alpha value is -2.79. The van der Waals surface area contributed by atoms with E-state index in [9.17, 15) is 13.2 Å². The quantitative estimate of drug-likeness (QED) is 0.803. The molecule has 148 valence electrons. The number of sulfonamides is 1. The minimum Gasteiger partial charge on any atom is -0.387 e. The van der Waals surface area contributed by atoms with Crippen LogP contribution in [-0.4, -0.2) is 57.6 Å². The summed E-state index contributed by atoms with van der Waals surface area (Å²) in [5, 5.41) is 6.66. The maximum Gasteiger partial charge on any atom is 0.273 e. The molecule has 1 amide bonds. The molecule has 0 aromatic carbocycles. The summed E-state index contributed by atoms with van der Waals surface area (Å²) in [6, 6.07) is 3.43. The molecule has 0 radical (unpaired) electrons. The minimum absolute atomic E-state index is 0.000472. The van der Waals surface area contributed by atoms with E-state index in [2.05, 4.69) is 20.4 Å². The van der Waals surface area contributed by atoms with Crippen LogP contribution in [0.25, 0.3) is 0 Å². The summed E-state index contributed by atoms with van der Waals surface area (Å²) in [6.07, 6.45) is 7.53. The summed E-state index contributed by atoms with van der Waals surface area (Å²) < 4.78 is 28.7. The molecule has 1 atom stereocenters. The molecule has 1 N–H and O–H groups in total. The third-order valence-corrected chi connectivity index (χ3v) is 6.54. The molecule has 11 heteroatoms. The number of piperidine rings is 1. The van der Waals surface area contributed by atoms with E-state index >= 15 is 0 Å². The van der Waals surface area contributed by atoms with Gasteiger partial charge >= 0.3 is 0 Å². The predicted octanol–water partition coefficient (Wildman–Crippen LogP) is 0.753. The molecular weight excluding hydrogens is 384 g/mol. The fraction of sp³-hybridized carbons (Fsp3) is 0.412. The first-order chi connectivity index (χ1) is 13.4. The average molecular weight is 404 g/mol. The van der Waals surface area contributed by atoms with Crippen molar-refractivity contribution in [2.75, 3.05) is 18.4 Å². The van der Waals surface area contributed by atoms with Gasteiger partial charge in [0.1, 0.15) is 5.71 Å². The number of amides is 1. The normalized spacial score (nSPS) is 22.7. The highest BCUT2D eigenvalue weighted by Crippen LogP contribution is 2.35. The zero-order chi connectivity index (χ0) is 19.8. The van der Waals surface area contributed by atoms with Gasteiger partial charge < -0.3 is 14.7 Å². The molecule has 2 aliphatic rings. The molecule has 1 fully saturated rings. The number of aromatic nitrogens is 3. The van der Waals surface area contributed by atoms with E-state index in [-0.39, 0.29) is 29.6 Å². The highest BCUT2D eigenvalue weighted by molar-refractivity contribution is 7.89. The Labute approximate surface area is 162 Å². The van der Waals surface area contributed by atoms with Gasteiger partial charge in [-0.15, -0.1) is 0 Å². The van der Waals surface area contributed by atoms with Crippen LogP contribution in [0.1, 0.15) is 19.3 Å². The molecule has 1 saturated heterocycles. The molecular formula is C17H20N6O4S. The minimum atomic E-state index is -3.73. The van der Waals surface area contributed by atoms with Crippen LogP contribution in [0, 0.1) is 0 Å². The smallest absolute Gasteiger partial charge is 0.273 e. The van der Waals surface area contributed by atoms with E-state index in [0.29, 0.717) is 25.1 Å². The van der Waals surface area contributed by atoms with Crippen LogP contribution in [0.5, 0.6) is 0 Å². The first kappa shape index (κ1) is 18.6. The molecule has 10 nitrogen and oxygen atoms in total. The third-order valence-electron chi connectivity index (χ3n) is 4.81. The van der Waals surface area contributed by atoms with Gasteiger partial charge in [-0.05, 0) is 25.0 Å². The van der Waals surface area contributed by atoms with Crippen molar-refractivity contribution in [1.82, 2.24) is 18.8 Å². The number of pyridine rings is 1. The largest absolute Gasteiger partial charge is 0.387 e. The maximum atomic E-state index is 12.9. The van der Waals surface area contributed by atoms with Gasteiger partial charge in [-0.1, -0.05) is 5.16 Å². The van der Waals surface area contributed by atoms with Crippen molar-refractivity contribution in [2.24, 2.45) is 12.2 Å².